The van der Waals surface area contributed by atoms with Gasteiger partial charge in [0.1, 0.15) is 11.2 Å². The number of anilines is 6. The highest BCUT2D eigenvalue weighted by Gasteiger charge is 2.57. The van der Waals surface area contributed by atoms with E-state index in [0.717, 1.165) is 78.0 Å². The van der Waals surface area contributed by atoms with Gasteiger partial charge in [-0.2, -0.15) is 0 Å². The molecule has 0 saturated heterocycles. The van der Waals surface area contributed by atoms with E-state index in [0.29, 0.717) is 0 Å². The normalized spacial score (nSPS) is 16.8. The van der Waals surface area contributed by atoms with Crippen molar-refractivity contribution in [3.8, 4) is 22.3 Å². The lowest BCUT2D eigenvalue weighted by atomic mass is 9.56. The maximum Gasteiger partial charge on any atom is 0.159 e. The Bertz CT molecular complexity index is 3720. The van der Waals surface area contributed by atoms with E-state index in [1.165, 1.54) is 44.5 Å². The number of rotatable bonds is 7. The first kappa shape index (κ1) is 38.6. The van der Waals surface area contributed by atoms with E-state index in [9.17, 15) is 0 Å². The second-order valence-electron chi connectivity index (χ2n) is 18.6. The van der Waals surface area contributed by atoms with E-state index in [4.69, 9.17) is 8.83 Å². The molecule has 322 valence electrons. The van der Waals surface area contributed by atoms with Crippen molar-refractivity contribution in [2.45, 2.75) is 24.7 Å². The summed E-state index contributed by atoms with van der Waals surface area (Å²) in [6, 6.07) is 83.5. The minimum atomic E-state index is -0.529. The minimum Gasteiger partial charge on any atom is -0.454 e. The van der Waals surface area contributed by atoms with Crippen LogP contribution in [0, 0.1) is 0 Å². The topological polar surface area (TPSA) is 32.8 Å². The summed E-state index contributed by atoms with van der Waals surface area (Å²) < 4.78 is 13.5. The lowest BCUT2D eigenvalue weighted by Gasteiger charge is -2.45. The van der Waals surface area contributed by atoms with Crippen LogP contribution < -0.4 is 9.80 Å². The molecule has 2 aromatic heterocycles. The Kier molecular flexibility index (Phi) is 8.21. The van der Waals surface area contributed by atoms with E-state index in [1.807, 2.05) is 12.1 Å². The molecule has 14 rings (SSSR count). The zero-order valence-corrected chi connectivity index (χ0v) is 37.7. The van der Waals surface area contributed by atoms with Crippen molar-refractivity contribution in [3.63, 3.8) is 0 Å². The first-order valence-corrected chi connectivity index (χ1v) is 23.5. The van der Waals surface area contributed by atoms with Crippen LogP contribution in [0.5, 0.6) is 0 Å². The monoisotopic (exact) mass is 872 g/mol. The molecule has 0 amide bonds. The van der Waals surface area contributed by atoms with E-state index < -0.39 is 10.8 Å². The predicted molar refractivity (Wildman–Crippen MR) is 281 cm³/mol. The van der Waals surface area contributed by atoms with Gasteiger partial charge >= 0.3 is 0 Å². The molecule has 2 aliphatic rings. The average molecular weight is 873 g/mol. The van der Waals surface area contributed by atoms with Crippen molar-refractivity contribution < 1.29 is 8.83 Å². The van der Waals surface area contributed by atoms with Crippen LogP contribution in [-0.4, -0.2) is 0 Å². The highest BCUT2D eigenvalue weighted by atomic mass is 16.3. The summed E-state index contributed by atoms with van der Waals surface area (Å²) in [5.74, 6) is 0. The van der Waals surface area contributed by atoms with Crippen LogP contribution in [0.15, 0.2) is 239 Å². The van der Waals surface area contributed by atoms with Crippen molar-refractivity contribution in [2.75, 3.05) is 9.80 Å². The number of nitrogens with zero attached hydrogens (tertiary/aromatic N) is 2. The fourth-order valence-electron chi connectivity index (χ4n) is 12.1. The number of hydrogen-bond acceptors (Lipinski definition) is 4. The third-order valence-electron chi connectivity index (χ3n) is 15.4. The molecule has 0 N–H and O–H groups in total. The molecule has 2 aliphatic carbocycles. The maximum absolute atomic E-state index is 6.75. The van der Waals surface area contributed by atoms with Gasteiger partial charge in [-0.05, 0) is 117 Å². The molecule has 68 heavy (non-hydrogen) atoms. The van der Waals surface area contributed by atoms with Gasteiger partial charge < -0.3 is 18.6 Å². The summed E-state index contributed by atoms with van der Waals surface area (Å²) in [4.78, 5) is 4.75. The van der Waals surface area contributed by atoms with Gasteiger partial charge in [0.2, 0.25) is 0 Å². The molecule has 0 saturated carbocycles. The van der Waals surface area contributed by atoms with Gasteiger partial charge in [-0.1, -0.05) is 172 Å². The summed E-state index contributed by atoms with van der Waals surface area (Å²) in [5, 5.41) is 4.42. The second kappa shape index (κ2) is 14.4. The maximum atomic E-state index is 6.75. The quantitative estimate of drug-likeness (QED) is 0.160. The number of furan rings is 2. The van der Waals surface area contributed by atoms with Crippen LogP contribution in [0.2, 0.25) is 0 Å². The van der Waals surface area contributed by atoms with Gasteiger partial charge in [-0.3, -0.25) is 0 Å². The van der Waals surface area contributed by atoms with Gasteiger partial charge in [-0.15, -0.1) is 0 Å². The lowest BCUT2D eigenvalue weighted by Crippen LogP contribution is -2.44. The Hall–Kier alpha value is -8.60. The zero-order valence-electron chi connectivity index (χ0n) is 37.7. The first-order valence-electron chi connectivity index (χ1n) is 23.5. The number of para-hydroxylation sites is 6. The van der Waals surface area contributed by atoms with Crippen LogP contribution in [0.3, 0.4) is 0 Å². The Balaban J connectivity index is 1.01. The summed E-state index contributed by atoms with van der Waals surface area (Å²) in [6.07, 6.45) is 0. The molecular formula is C64H44N2O2. The standard InChI is InChI=1S/C64H44N2O2/c1-63(53-29-13-9-23-45(53)47-37-35-43(39-55(47)63)65(41-19-5-3-6-20-41)57-31-17-27-51-49-25-11-15-33-59(49)67-61(51)57)64(2)54-30-14-10-24-46(54)48-38-36-44(40-56(48)64)66(42-21-7-4-8-22-42)58-32-18-28-52-50-26-12-16-34-60(50)68-62(52)58/h3-40H,1-2H3. The summed E-state index contributed by atoms with van der Waals surface area (Å²) in [5.41, 5.74) is 19.0. The predicted octanol–water partition coefficient (Wildman–Crippen LogP) is 17.7. The second-order valence-corrected chi connectivity index (χ2v) is 18.6. The highest BCUT2D eigenvalue weighted by molar-refractivity contribution is 6.11. The Morgan fingerprint density at radius 2 is 0.662 bits per heavy atom. The van der Waals surface area contributed by atoms with Crippen molar-refractivity contribution in [3.05, 3.63) is 253 Å². The highest BCUT2D eigenvalue weighted by Crippen LogP contribution is 2.66. The summed E-state index contributed by atoms with van der Waals surface area (Å²) in [7, 11) is 0. The van der Waals surface area contributed by atoms with Crippen molar-refractivity contribution >= 4 is 78.0 Å². The van der Waals surface area contributed by atoms with Crippen LogP contribution in [0.1, 0.15) is 36.1 Å². The summed E-state index contributed by atoms with van der Waals surface area (Å²) >= 11 is 0. The minimum absolute atomic E-state index is 0.529. The molecule has 4 heteroatoms. The van der Waals surface area contributed by atoms with Gasteiger partial charge in [-0.25, -0.2) is 0 Å². The van der Waals surface area contributed by atoms with Crippen molar-refractivity contribution in [2.24, 2.45) is 0 Å². The Labute approximate surface area is 394 Å². The van der Waals surface area contributed by atoms with E-state index in [1.54, 1.807) is 0 Å². The van der Waals surface area contributed by atoms with E-state index in [2.05, 4.69) is 242 Å². The molecule has 12 aromatic rings. The number of benzene rings is 10. The van der Waals surface area contributed by atoms with Crippen LogP contribution in [0.4, 0.5) is 34.1 Å². The van der Waals surface area contributed by atoms with Gasteiger partial charge in [0.15, 0.2) is 11.2 Å². The Morgan fingerprint density at radius 3 is 1.12 bits per heavy atom. The molecule has 2 heterocycles. The third-order valence-corrected chi connectivity index (χ3v) is 15.4. The number of hydrogen-bond donors (Lipinski definition) is 0. The van der Waals surface area contributed by atoms with Crippen LogP contribution >= 0.6 is 0 Å². The fraction of sp³-hybridized carbons (Fsp3) is 0.0625. The first-order chi connectivity index (χ1) is 33.5. The molecule has 0 fully saturated rings. The lowest BCUT2D eigenvalue weighted by molar-refractivity contribution is 0.376. The smallest absolute Gasteiger partial charge is 0.159 e. The molecule has 0 aliphatic heterocycles. The molecule has 2 unspecified atom stereocenters. The molecule has 4 nitrogen and oxygen atoms in total. The van der Waals surface area contributed by atoms with Crippen LogP contribution in [-0.2, 0) is 10.8 Å². The van der Waals surface area contributed by atoms with Crippen LogP contribution in [0.25, 0.3) is 66.1 Å². The van der Waals surface area contributed by atoms with E-state index >= 15 is 0 Å². The third kappa shape index (κ3) is 5.26. The van der Waals surface area contributed by atoms with Gasteiger partial charge in [0, 0.05) is 55.1 Å². The zero-order chi connectivity index (χ0) is 45.1. The average Bonchev–Trinajstić information content (AvgIpc) is 4.12. The fourth-order valence-corrected chi connectivity index (χ4v) is 12.1. The molecule has 0 bridgehead atoms. The molecule has 10 aromatic carbocycles. The van der Waals surface area contributed by atoms with Crippen molar-refractivity contribution in [1.82, 2.24) is 0 Å². The molecule has 0 radical (unpaired) electrons. The van der Waals surface area contributed by atoms with E-state index in [-0.39, 0.29) is 0 Å². The largest absolute Gasteiger partial charge is 0.454 e. The van der Waals surface area contributed by atoms with Gasteiger partial charge in [0.05, 0.1) is 11.4 Å². The SMILES string of the molecule is CC1(C2(C)c3ccccc3-c3ccc(N(c4ccccc4)c4cccc5c4oc4ccccc45)cc32)c2ccccc2-c2ccc(N(c3ccccc3)c3cccc4c3oc3ccccc34)cc21. The van der Waals surface area contributed by atoms with Gasteiger partial charge in [0.25, 0.3) is 0 Å². The molecular weight excluding hydrogens is 829 g/mol. The molecule has 2 atom stereocenters. The van der Waals surface area contributed by atoms with Crippen molar-refractivity contribution in [1.29, 1.82) is 0 Å². The molecule has 0 spiro atoms. The summed E-state index contributed by atoms with van der Waals surface area (Å²) in [6.45, 7) is 4.99. The Morgan fingerprint density at radius 1 is 0.294 bits per heavy atom. The number of fused-ring (bicyclic) bond motifs is 12.